The van der Waals surface area contributed by atoms with Gasteiger partial charge in [0.05, 0.1) is 12.5 Å². The molecule has 2 atom stereocenters. The molecule has 1 aromatic rings. The van der Waals surface area contributed by atoms with Gasteiger partial charge in [-0.05, 0) is 44.4 Å². The highest BCUT2D eigenvalue weighted by atomic mass is 32.2. The maximum Gasteiger partial charge on any atom is 0.306 e. The second kappa shape index (κ2) is 8.71. The van der Waals surface area contributed by atoms with Gasteiger partial charge in [0.25, 0.3) is 0 Å². The largest absolute Gasteiger partial charge is 0.492 e. The molecule has 0 aromatic heterocycles. The number of hydrogen-bond acceptors (Lipinski definition) is 5. The van der Waals surface area contributed by atoms with Crippen LogP contribution in [0.3, 0.4) is 0 Å². The van der Waals surface area contributed by atoms with Crippen molar-refractivity contribution in [3.05, 3.63) is 18.2 Å². The third-order valence-corrected chi connectivity index (χ3v) is 6.50. The van der Waals surface area contributed by atoms with Crippen LogP contribution in [0.15, 0.2) is 23.1 Å². The van der Waals surface area contributed by atoms with Crippen molar-refractivity contribution in [1.29, 1.82) is 0 Å². The lowest BCUT2D eigenvalue weighted by atomic mass is 9.81. The monoisotopic (exact) mass is 398 g/mol. The minimum absolute atomic E-state index is 0.0285. The van der Waals surface area contributed by atoms with Crippen LogP contribution >= 0.6 is 0 Å². The van der Waals surface area contributed by atoms with E-state index in [9.17, 15) is 18.0 Å². The van der Waals surface area contributed by atoms with Gasteiger partial charge in [-0.2, -0.15) is 0 Å². The van der Waals surface area contributed by atoms with Crippen molar-refractivity contribution in [2.75, 3.05) is 26.0 Å². The smallest absolute Gasteiger partial charge is 0.306 e. The first kappa shape index (κ1) is 21.2. The quantitative estimate of drug-likeness (QED) is 0.728. The summed E-state index contributed by atoms with van der Waals surface area (Å²) in [6, 6.07) is 4.46. The molecule has 0 radical (unpaired) electrons. The zero-order valence-electron chi connectivity index (χ0n) is 15.8. The predicted octanol–water partition coefficient (Wildman–Crippen LogP) is 2.17. The second-order valence-corrected chi connectivity index (χ2v) is 8.89. The zero-order valence-corrected chi connectivity index (χ0v) is 16.6. The van der Waals surface area contributed by atoms with Crippen LogP contribution < -0.4 is 10.1 Å². The van der Waals surface area contributed by atoms with E-state index in [2.05, 4.69) is 5.32 Å². The summed E-state index contributed by atoms with van der Waals surface area (Å²) in [5, 5.41) is 11.9. The Morgan fingerprint density at radius 2 is 1.93 bits per heavy atom. The van der Waals surface area contributed by atoms with Crippen LogP contribution in [0.2, 0.25) is 0 Å². The fourth-order valence-corrected chi connectivity index (χ4v) is 4.21. The molecule has 1 aliphatic rings. The molecule has 9 heteroatoms. The van der Waals surface area contributed by atoms with E-state index < -0.39 is 27.8 Å². The van der Waals surface area contributed by atoms with Gasteiger partial charge in [0.2, 0.25) is 15.9 Å². The van der Waals surface area contributed by atoms with E-state index in [-0.39, 0.29) is 16.6 Å². The number of ether oxygens (including phenoxy) is 1. The van der Waals surface area contributed by atoms with E-state index in [1.54, 1.807) is 13.0 Å². The van der Waals surface area contributed by atoms with Crippen LogP contribution in [-0.4, -0.2) is 50.4 Å². The highest BCUT2D eigenvalue weighted by Crippen LogP contribution is 2.32. The molecule has 1 amide bonds. The van der Waals surface area contributed by atoms with Crippen LogP contribution in [0, 0.1) is 11.8 Å². The summed E-state index contributed by atoms with van der Waals surface area (Å²) in [7, 11) is -0.912. The van der Waals surface area contributed by atoms with Gasteiger partial charge < -0.3 is 15.2 Å². The molecular formula is C18H26N2O6S. The summed E-state index contributed by atoms with van der Waals surface area (Å²) in [6.45, 7) is 2.06. The Morgan fingerprint density at radius 3 is 2.52 bits per heavy atom. The van der Waals surface area contributed by atoms with Crippen molar-refractivity contribution in [2.45, 2.75) is 37.5 Å². The third-order valence-electron chi connectivity index (χ3n) is 4.66. The SMILES string of the molecule is CCOc1ccc(NC(=O)C2CCCC(C(=O)O)C2)cc1S(=O)(=O)N(C)C. The van der Waals surface area contributed by atoms with Crippen LogP contribution in [0.4, 0.5) is 5.69 Å². The molecule has 1 aromatic carbocycles. The molecule has 2 unspecified atom stereocenters. The van der Waals surface area contributed by atoms with Gasteiger partial charge in [0.1, 0.15) is 10.6 Å². The van der Waals surface area contributed by atoms with Gasteiger partial charge in [-0.15, -0.1) is 0 Å². The van der Waals surface area contributed by atoms with Crippen molar-refractivity contribution < 1.29 is 27.9 Å². The van der Waals surface area contributed by atoms with Gasteiger partial charge >= 0.3 is 5.97 Å². The molecule has 150 valence electrons. The standard InChI is InChI=1S/C18H26N2O6S/c1-4-26-15-9-8-14(11-16(15)27(24,25)20(2)3)19-17(21)12-6-5-7-13(10-12)18(22)23/h8-9,11-13H,4-7,10H2,1-3H3,(H,19,21)(H,22,23). The molecule has 2 rings (SSSR count). The highest BCUT2D eigenvalue weighted by molar-refractivity contribution is 7.89. The summed E-state index contributed by atoms with van der Waals surface area (Å²) in [5.41, 5.74) is 0.335. The van der Waals surface area contributed by atoms with E-state index in [0.717, 1.165) is 4.31 Å². The number of carboxylic acid groups (broad SMARTS) is 1. The minimum atomic E-state index is -3.75. The number of sulfonamides is 1. The van der Waals surface area contributed by atoms with Crippen molar-refractivity contribution in [2.24, 2.45) is 11.8 Å². The van der Waals surface area contributed by atoms with Crippen molar-refractivity contribution in [1.82, 2.24) is 4.31 Å². The number of carbonyl (C=O) groups is 2. The van der Waals surface area contributed by atoms with Crippen LogP contribution in [0.5, 0.6) is 5.75 Å². The van der Waals surface area contributed by atoms with E-state index in [1.165, 1.54) is 26.2 Å². The first-order chi connectivity index (χ1) is 12.7. The molecule has 1 aliphatic carbocycles. The average molecular weight is 398 g/mol. The number of anilines is 1. The number of amides is 1. The number of carbonyl (C=O) groups excluding carboxylic acids is 1. The van der Waals surface area contributed by atoms with E-state index in [4.69, 9.17) is 9.84 Å². The minimum Gasteiger partial charge on any atom is -0.492 e. The van der Waals surface area contributed by atoms with E-state index >= 15 is 0 Å². The molecular weight excluding hydrogens is 372 g/mol. The fourth-order valence-electron chi connectivity index (χ4n) is 3.16. The molecule has 0 heterocycles. The van der Waals surface area contributed by atoms with E-state index in [0.29, 0.717) is 38.0 Å². The Kier molecular flexibility index (Phi) is 6.83. The van der Waals surface area contributed by atoms with Gasteiger partial charge in [-0.3, -0.25) is 9.59 Å². The Labute approximate surface area is 159 Å². The van der Waals surface area contributed by atoms with Gasteiger partial charge in [-0.25, -0.2) is 12.7 Å². The number of aliphatic carboxylic acids is 1. The number of nitrogens with one attached hydrogen (secondary N) is 1. The van der Waals surface area contributed by atoms with Crippen molar-refractivity contribution in [3.8, 4) is 5.75 Å². The molecule has 1 fully saturated rings. The predicted molar refractivity (Wildman–Crippen MR) is 100 cm³/mol. The molecule has 0 bridgehead atoms. The third kappa shape index (κ3) is 4.98. The fraction of sp³-hybridized carbons (Fsp3) is 0.556. The van der Waals surface area contributed by atoms with Crippen molar-refractivity contribution in [3.63, 3.8) is 0 Å². The Balaban J connectivity index is 2.24. The average Bonchev–Trinajstić information content (AvgIpc) is 2.63. The van der Waals surface area contributed by atoms with Crippen LogP contribution in [0.25, 0.3) is 0 Å². The van der Waals surface area contributed by atoms with Gasteiger partial charge in [0.15, 0.2) is 0 Å². The molecule has 8 nitrogen and oxygen atoms in total. The molecule has 0 aliphatic heterocycles. The Morgan fingerprint density at radius 1 is 1.26 bits per heavy atom. The lowest BCUT2D eigenvalue weighted by Gasteiger charge is -2.26. The topological polar surface area (TPSA) is 113 Å². The lowest BCUT2D eigenvalue weighted by molar-refractivity contribution is -0.143. The number of carboxylic acids is 1. The van der Waals surface area contributed by atoms with Crippen molar-refractivity contribution >= 4 is 27.6 Å². The number of rotatable bonds is 7. The van der Waals surface area contributed by atoms with Crippen LogP contribution in [-0.2, 0) is 19.6 Å². The summed E-state index contributed by atoms with van der Waals surface area (Å²) in [6.07, 6.45) is 2.17. The maximum absolute atomic E-state index is 12.6. The number of hydrogen-bond donors (Lipinski definition) is 2. The first-order valence-corrected chi connectivity index (χ1v) is 10.3. The van der Waals surface area contributed by atoms with Gasteiger partial charge in [-0.1, -0.05) is 6.42 Å². The molecule has 27 heavy (non-hydrogen) atoms. The summed E-state index contributed by atoms with van der Waals surface area (Å²) in [5.74, 6) is -1.88. The molecule has 2 N–H and O–H groups in total. The molecule has 0 saturated heterocycles. The Bertz CT molecular complexity index is 806. The maximum atomic E-state index is 12.6. The highest BCUT2D eigenvalue weighted by Gasteiger charge is 2.31. The summed E-state index contributed by atoms with van der Waals surface area (Å²) in [4.78, 5) is 23.7. The normalized spacial score (nSPS) is 20.3. The lowest BCUT2D eigenvalue weighted by Crippen LogP contribution is -2.31. The number of benzene rings is 1. The second-order valence-electron chi connectivity index (χ2n) is 6.77. The molecule has 1 saturated carbocycles. The summed E-state index contributed by atoms with van der Waals surface area (Å²) < 4.78 is 31.6. The first-order valence-electron chi connectivity index (χ1n) is 8.89. The molecule has 0 spiro atoms. The zero-order chi connectivity index (χ0) is 20.2. The van der Waals surface area contributed by atoms with Crippen LogP contribution in [0.1, 0.15) is 32.6 Å². The van der Waals surface area contributed by atoms with E-state index in [1.807, 2.05) is 0 Å². The summed E-state index contributed by atoms with van der Waals surface area (Å²) >= 11 is 0. The number of nitrogens with zero attached hydrogens (tertiary/aromatic N) is 1. The van der Waals surface area contributed by atoms with Gasteiger partial charge in [0, 0.05) is 25.7 Å². The Hall–Kier alpha value is -2.13.